The van der Waals surface area contributed by atoms with Gasteiger partial charge in [-0.1, -0.05) is 6.42 Å². The first-order chi connectivity index (χ1) is 13.3. The molecule has 0 bridgehead atoms. The molecular formula is C20H31N7. The summed E-state index contributed by atoms with van der Waals surface area (Å²) in [5.41, 5.74) is 1.23. The molecule has 7 nitrogen and oxygen atoms in total. The first-order valence-electron chi connectivity index (χ1n) is 10.5. The molecule has 4 heterocycles. The number of H-pyrrole nitrogens is 1. The molecule has 0 unspecified atom stereocenters. The Labute approximate surface area is 162 Å². The Morgan fingerprint density at radius 2 is 1.81 bits per heavy atom. The predicted octanol–water partition coefficient (Wildman–Crippen LogP) is 3.52. The molecule has 27 heavy (non-hydrogen) atoms. The molecule has 2 saturated heterocycles. The smallest absolute Gasteiger partial charge is 0.227 e. The number of aromatic amines is 1. The van der Waals surface area contributed by atoms with Gasteiger partial charge in [-0.3, -0.25) is 5.10 Å². The number of nitrogens with one attached hydrogen (secondary N) is 2. The van der Waals surface area contributed by atoms with Crippen molar-refractivity contribution >= 4 is 17.6 Å². The number of likely N-dealkylation sites (tertiary alicyclic amines) is 1. The lowest BCUT2D eigenvalue weighted by molar-refractivity contribution is 0.141. The zero-order valence-corrected chi connectivity index (χ0v) is 15.9. The maximum Gasteiger partial charge on any atom is 0.227 e. The molecule has 2 aromatic heterocycles. The van der Waals surface area contributed by atoms with Crippen LogP contribution in [-0.2, 0) is 0 Å². The lowest BCUT2D eigenvalue weighted by Crippen LogP contribution is -2.47. The van der Waals surface area contributed by atoms with Crippen molar-refractivity contribution in [2.75, 3.05) is 36.4 Å². The Morgan fingerprint density at radius 3 is 2.59 bits per heavy atom. The first-order valence-corrected chi connectivity index (χ1v) is 10.5. The van der Waals surface area contributed by atoms with Crippen molar-refractivity contribution in [2.45, 2.75) is 56.9 Å². The van der Waals surface area contributed by atoms with Crippen molar-refractivity contribution in [3.63, 3.8) is 0 Å². The number of aromatic nitrogens is 4. The molecule has 0 atom stereocenters. The summed E-state index contributed by atoms with van der Waals surface area (Å²) in [6, 6.07) is 4.76. The fraction of sp³-hybridized carbons (Fsp3) is 0.650. The van der Waals surface area contributed by atoms with Crippen LogP contribution >= 0.6 is 0 Å². The highest BCUT2D eigenvalue weighted by Crippen LogP contribution is 2.39. The van der Waals surface area contributed by atoms with Crippen LogP contribution < -0.4 is 10.2 Å². The molecular weight excluding hydrogens is 338 g/mol. The van der Waals surface area contributed by atoms with E-state index in [0.29, 0.717) is 5.92 Å². The van der Waals surface area contributed by atoms with Crippen molar-refractivity contribution in [1.82, 2.24) is 25.1 Å². The van der Waals surface area contributed by atoms with Crippen LogP contribution in [-0.4, -0.2) is 57.3 Å². The van der Waals surface area contributed by atoms with Crippen LogP contribution in [0.4, 0.5) is 17.6 Å². The maximum absolute atomic E-state index is 4.74. The fourth-order valence-electron chi connectivity index (χ4n) is 4.42. The summed E-state index contributed by atoms with van der Waals surface area (Å²) in [6.07, 6.45) is 11.0. The number of anilines is 3. The molecule has 1 aliphatic carbocycles. The second-order valence-electron chi connectivity index (χ2n) is 8.16. The molecule has 0 amide bonds. The van der Waals surface area contributed by atoms with Crippen LogP contribution in [0.3, 0.4) is 0 Å². The average molecular weight is 370 g/mol. The van der Waals surface area contributed by atoms with Crippen LogP contribution in [0.25, 0.3) is 0 Å². The SMILES string of the molecule is [HH].c1cc(Nc2cc(C3CC3)[nH]n2)nc(N2CCC(N3CCCCC3)CC2)n1. The van der Waals surface area contributed by atoms with Crippen molar-refractivity contribution < 1.29 is 1.43 Å². The monoisotopic (exact) mass is 369 g/mol. The quantitative estimate of drug-likeness (QED) is 0.840. The van der Waals surface area contributed by atoms with Gasteiger partial charge in [-0.05, 0) is 57.7 Å². The molecule has 2 aliphatic heterocycles. The van der Waals surface area contributed by atoms with Gasteiger partial charge >= 0.3 is 0 Å². The van der Waals surface area contributed by atoms with E-state index in [1.54, 1.807) is 0 Å². The van der Waals surface area contributed by atoms with Gasteiger partial charge in [0.1, 0.15) is 5.82 Å². The molecule has 2 N–H and O–H groups in total. The summed E-state index contributed by atoms with van der Waals surface area (Å²) in [4.78, 5) is 14.3. The Balaban J connectivity index is 0.00000192. The van der Waals surface area contributed by atoms with Gasteiger partial charge in [0.05, 0.1) is 0 Å². The lowest BCUT2D eigenvalue weighted by Gasteiger charge is -2.40. The van der Waals surface area contributed by atoms with E-state index in [1.807, 2.05) is 12.3 Å². The number of hydrogen-bond donors (Lipinski definition) is 2. The number of nitrogens with zero attached hydrogens (tertiary/aromatic N) is 5. The number of piperidine rings is 2. The Bertz CT molecular complexity index is 761. The largest absolute Gasteiger partial charge is 0.341 e. The van der Waals surface area contributed by atoms with Crippen LogP contribution in [0.15, 0.2) is 18.3 Å². The minimum atomic E-state index is 0. The predicted molar refractivity (Wildman–Crippen MR) is 109 cm³/mol. The Morgan fingerprint density at radius 1 is 1.00 bits per heavy atom. The van der Waals surface area contributed by atoms with Gasteiger partial charge in [0.15, 0.2) is 5.82 Å². The maximum atomic E-state index is 4.74. The molecule has 1 saturated carbocycles. The highest BCUT2D eigenvalue weighted by Gasteiger charge is 2.27. The van der Waals surface area contributed by atoms with Gasteiger partial charge in [-0.2, -0.15) is 10.1 Å². The van der Waals surface area contributed by atoms with E-state index >= 15 is 0 Å². The number of rotatable bonds is 5. The first kappa shape index (κ1) is 17.0. The second-order valence-corrected chi connectivity index (χ2v) is 8.16. The van der Waals surface area contributed by atoms with Crippen molar-refractivity contribution in [3.05, 3.63) is 24.0 Å². The standard InChI is InChI=1S/C20H29N7.H2/c1-2-10-26(11-3-1)16-7-12-27(13-8-16)20-21-9-6-18(23-20)22-19-14-17(24-25-19)15-4-5-15;/h6,9,14-16H,1-5,7-8,10-13H2,(H2,21,22,23,24,25);1H. The van der Waals surface area contributed by atoms with E-state index in [4.69, 9.17) is 4.98 Å². The highest BCUT2D eigenvalue weighted by molar-refractivity contribution is 5.53. The molecule has 0 aromatic carbocycles. The van der Waals surface area contributed by atoms with Gasteiger partial charge in [0, 0.05) is 44.4 Å². The fourth-order valence-corrected chi connectivity index (χ4v) is 4.42. The van der Waals surface area contributed by atoms with Gasteiger partial charge < -0.3 is 15.1 Å². The molecule has 0 spiro atoms. The Kier molecular flexibility index (Phi) is 4.69. The highest BCUT2D eigenvalue weighted by atomic mass is 15.3. The summed E-state index contributed by atoms with van der Waals surface area (Å²) in [5, 5.41) is 10.8. The Hall–Kier alpha value is -2.15. The third-order valence-corrected chi connectivity index (χ3v) is 6.17. The summed E-state index contributed by atoms with van der Waals surface area (Å²) >= 11 is 0. The van der Waals surface area contributed by atoms with E-state index in [0.717, 1.165) is 36.7 Å². The summed E-state index contributed by atoms with van der Waals surface area (Å²) in [6.45, 7) is 4.65. The van der Waals surface area contributed by atoms with E-state index in [1.165, 1.54) is 63.7 Å². The molecule has 3 aliphatic rings. The van der Waals surface area contributed by atoms with Crippen LogP contribution in [0.5, 0.6) is 0 Å². The molecule has 0 radical (unpaired) electrons. The van der Waals surface area contributed by atoms with Crippen LogP contribution in [0, 0.1) is 0 Å². The van der Waals surface area contributed by atoms with Crippen LogP contribution in [0.1, 0.15) is 58.0 Å². The van der Waals surface area contributed by atoms with Crippen molar-refractivity contribution in [3.8, 4) is 0 Å². The van der Waals surface area contributed by atoms with Crippen molar-refractivity contribution in [1.29, 1.82) is 0 Å². The third-order valence-electron chi connectivity index (χ3n) is 6.17. The topological polar surface area (TPSA) is 73.0 Å². The van der Waals surface area contributed by atoms with Crippen LogP contribution in [0.2, 0.25) is 0 Å². The number of hydrogen-bond acceptors (Lipinski definition) is 6. The summed E-state index contributed by atoms with van der Waals surface area (Å²) in [7, 11) is 0. The van der Waals surface area contributed by atoms with Gasteiger partial charge in [0.2, 0.25) is 5.95 Å². The summed E-state index contributed by atoms with van der Waals surface area (Å²) < 4.78 is 0. The molecule has 7 heteroatoms. The second kappa shape index (κ2) is 7.46. The zero-order chi connectivity index (χ0) is 18.1. The summed E-state index contributed by atoms with van der Waals surface area (Å²) in [5.74, 6) is 3.16. The minimum Gasteiger partial charge on any atom is -0.341 e. The molecule has 3 fully saturated rings. The van der Waals surface area contributed by atoms with Gasteiger partial charge in [-0.15, -0.1) is 0 Å². The lowest BCUT2D eigenvalue weighted by atomic mass is 10.0. The minimum absolute atomic E-state index is 0. The molecule has 2 aromatic rings. The zero-order valence-electron chi connectivity index (χ0n) is 15.9. The van der Waals surface area contributed by atoms with Crippen molar-refractivity contribution in [2.24, 2.45) is 0 Å². The average Bonchev–Trinajstić information content (AvgIpc) is 3.48. The van der Waals surface area contributed by atoms with E-state index in [9.17, 15) is 0 Å². The van der Waals surface area contributed by atoms with E-state index in [-0.39, 0.29) is 1.43 Å². The molecule has 146 valence electrons. The van der Waals surface area contributed by atoms with Gasteiger partial charge in [0.25, 0.3) is 0 Å². The van der Waals surface area contributed by atoms with Gasteiger partial charge in [-0.25, -0.2) is 4.98 Å². The van der Waals surface area contributed by atoms with E-state index < -0.39 is 0 Å². The van der Waals surface area contributed by atoms with E-state index in [2.05, 4.69) is 36.4 Å². The normalized spacial score (nSPS) is 22.1. The third kappa shape index (κ3) is 3.93. The molecule has 5 rings (SSSR count).